The third-order valence-electron chi connectivity index (χ3n) is 3.04. The molecule has 1 atom stereocenters. The molecule has 0 aliphatic carbocycles. The van der Waals surface area contributed by atoms with Crippen LogP contribution in [-0.2, 0) is 16.1 Å². The Morgan fingerprint density at radius 3 is 3.11 bits per heavy atom. The lowest BCUT2D eigenvalue weighted by Gasteiger charge is -2.30. The first-order valence-corrected chi connectivity index (χ1v) is 6.33. The molecule has 0 amide bonds. The first-order chi connectivity index (χ1) is 9.13. The van der Waals surface area contributed by atoms with E-state index in [1.165, 1.54) is 13.2 Å². The van der Waals surface area contributed by atoms with E-state index in [1.54, 1.807) is 6.07 Å². The van der Waals surface area contributed by atoms with Crippen LogP contribution in [0, 0.1) is 5.82 Å². The molecule has 104 valence electrons. The molecule has 1 aromatic rings. The summed E-state index contributed by atoms with van der Waals surface area (Å²) < 4.78 is 24.1. The predicted octanol–water partition coefficient (Wildman–Crippen LogP) is 1.89. The van der Waals surface area contributed by atoms with Crippen LogP contribution in [0.3, 0.4) is 0 Å². The van der Waals surface area contributed by atoms with Crippen molar-refractivity contribution in [2.75, 3.05) is 26.8 Å². The van der Waals surface area contributed by atoms with E-state index in [0.717, 1.165) is 6.29 Å². The number of methoxy groups -OCH3 is 1. The summed E-state index contributed by atoms with van der Waals surface area (Å²) in [7, 11) is 1.49. The van der Waals surface area contributed by atoms with Crippen molar-refractivity contribution in [3.8, 4) is 5.75 Å². The summed E-state index contributed by atoms with van der Waals surface area (Å²) in [6.45, 7) is 1.99. The molecule has 1 heterocycles. The van der Waals surface area contributed by atoms with Gasteiger partial charge in [-0.25, -0.2) is 4.39 Å². The van der Waals surface area contributed by atoms with Crippen molar-refractivity contribution < 1.29 is 18.7 Å². The lowest BCUT2D eigenvalue weighted by atomic mass is 10.1. The fourth-order valence-corrected chi connectivity index (χ4v) is 2.27. The highest BCUT2D eigenvalue weighted by Gasteiger charge is 2.21. The number of carbonyl (C=O) groups excluding carboxylic acids is 1. The van der Waals surface area contributed by atoms with E-state index in [9.17, 15) is 9.18 Å². The van der Waals surface area contributed by atoms with E-state index in [0.29, 0.717) is 37.6 Å². The summed E-state index contributed by atoms with van der Waals surface area (Å²) in [5.74, 6) is 0.0678. The van der Waals surface area contributed by atoms with Crippen molar-refractivity contribution in [3.05, 3.63) is 28.5 Å². The SMILES string of the molecule is COc1cc(CN2CCOC(C=O)C2)c(F)cc1Cl. The van der Waals surface area contributed by atoms with E-state index in [1.807, 2.05) is 4.90 Å². The van der Waals surface area contributed by atoms with Crippen molar-refractivity contribution in [2.45, 2.75) is 12.6 Å². The molecule has 0 bridgehead atoms. The van der Waals surface area contributed by atoms with Gasteiger partial charge in [-0.05, 0) is 12.1 Å². The largest absolute Gasteiger partial charge is 0.495 e. The standard InChI is InChI=1S/C13H15ClFNO3/c1-18-13-4-9(12(15)5-11(13)14)6-16-2-3-19-10(7-16)8-17/h4-5,8,10H,2-3,6-7H2,1H3. The normalized spacial score (nSPS) is 20.3. The minimum Gasteiger partial charge on any atom is -0.495 e. The molecule has 1 fully saturated rings. The Morgan fingerprint density at radius 1 is 1.63 bits per heavy atom. The molecule has 2 rings (SSSR count). The minimum absolute atomic E-state index is 0.247. The Kier molecular flexibility index (Phi) is 4.74. The number of morpholine rings is 1. The van der Waals surface area contributed by atoms with Gasteiger partial charge in [0.15, 0.2) is 0 Å². The van der Waals surface area contributed by atoms with Gasteiger partial charge in [0.05, 0.1) is 18.7 Å². The van der Waals surface area contributed by atoms with Crippen LogP contribution in [0.4, 0.5) is 4.39 Å². The summed E-state index contributed by atoms with van der Waals surface area (Å²) in [5.41, 5.74) is 0.493. The van der Waals surface area contributed by atoms with Gasteiger partial charge in [0, 0.05) is 25.2 Å². The van der Waals surface area contributed by atoms with Gasteiger partial charge < -0.3 is 14.3 Å². The van der Waals surface area contributed by atoms with Gasteiger partial charge in [-0.1, -0.05) is 11.6 Å². The van der Waals surface area contributed by atoms with Gasteiger partial charge in [-0.3, -0.25) is 4.90 Å². The maximum Gasteiger partial charge on any atom is 0.150 e. The van der Waals surface area contributed by atoms with Crippen LogP contribution < -0.4 is 4.74 Å². The number of nitrogens with zero attached hydrogens (tertiary/aromatic N) is 1. The highest BCUT2D eigenvalue weighted by Crippen LogP contribution is 2.28. The van der Waals surface area contributed by atoms with Crippen LogP contribution >= 0.6 is 11.6 Å². The van der Waals surface area contributed by atoms with E-state index in [-0.39, 0.29) is 10.8 Å². The number of aldehydes is 1. The Labute approximate surface area is 116 Å². The molecule has 1 saturated heterocycles. The molecule has 19 heavy (non-hydrogen) atoms. The summed E-state index contributed by atoms with van der Waals surface area (Å²) in [6, 6.07) is 2.83. The molecular weight excluding hydrogens is 273 g/mol. The van der Waals surface area contributed by atoms with Gasteiger partial charge in [0.2, 0.25) is 0 Å². The Hall–Kier alpha value is -1.17. The van der Waals surface area contributed by atoms with Crippen LogP contribution in [0.25, 0.3) is 0 Å². The zero-order valence-electron chi connectivity index (χ0n) is 10.6. The van der Waals surface area contributed by atoms with Crippen molar-refractivity contribution in [1.29, 1.82) is 0 Å². The maximum atomic E-state index is 13.8. The fourth-order valence-electron chi connectivity index (χ4n) is 2.05. The number of rotatable bonds is 4. The molecule has 0 N–H and O–H groups in total. The van der Waals surface area contributed by atoms with Crippen molar-refractivity contribution >= 4 is 17.9 Å². The van der Waals surface area contributed by atoms with Crippen LogP contribution in [0.1, 0.15) is 5.56 Å². The number of halogens is 2. The Bertz CT molecular complexity index is 469. The van der Waals surface area contributed by atoms with E-state index in [2.05, 4.69) is 0 Å². The molecule has 1 aliphatic heterocycles. The second-order valence-corrected chi connectivity index (χ2v) is 4.77. The predicted molar refractivity (Wildman–Crippen MR) is 69.0 cm³/mol. The third kappa shape index (κ3) is 3.43. The monoisotopic (exact) mass is 287 g/mol. The second kappa shape index (κ2) is 6.32. The van der Waals surface area contributed by atoms with Gasteiger partial charge in [-0.15, -0.1) is 0 Å². The summed E-state index contributed by atoms with van der Waals surface area (Å²) in [5, 5.41) is 0.247. The van der Waals surface area contributed by atoms with E-state index < -0.39 is 6.10 Å². The Balaban J connectivity index is 2.12. The average Bonchev–Trinajstić information content (AvgIpc) is 2.42. The number of hydrogen-bond donors (Lipinski definition) is 0. The van der Waals surface area contributed by atoms with Gasteiger partial charge >= 0.3 is 0 Å². The number of ether oxygens (including phenoxy) is 2. The van der Waals surface area contributed by atoms with E-state index in [4.69, 9.17) is 21.1 Å². The van der Waals surface area contributed by atoms with Gasteiger partial charge in [0.1, 0.15) is 24.0 Å². The molecule has 0 aromatic heterocycles. The van der Waals surface area contributed by atoms with Gasteiger partial charge in [-0.2, -0.15) is 0 Å². The molecule has 1 aromatic carbocycles. The summed E-state index contributed by atoms with van der Waals surface area (Å²) >= 11 is 5.85. The first kappa shape index (κ1) is 14.2. The zero-order valence-corrected chi connectivity index (χ0v) is 11.3. The molecule has 4 nitrogen and oxygen atoms in total. The molecule has 0 spiro atoms. The lowest BCUT2D eigenvalue weighted by Crippen LogP contribution is -2.42. The second-order valence-electron chi connectivity index (χ2n) is 4.36. The molecule has 0 saturated carbocycles. The topological polar surface area (TPSA) is 38.8 Å². The zero-order chi connectivity index (χ0) is 13.8. The average molecular weight is 288 g/mol. The van der Waals surface area contributed by atoms with Crippen LogP contribution in [0.15, 0.2) is 12.1 Å². The van der Waals surface area contributed by atoms with Gasteiger partial charge in [0.25, 0.3) is 0 Å². The smallest absolute Gasteiger partial charge is 0.150 e. The van der Waals surface area contributed by atoms with Crippen molar-refractivity contribution in [2.24, 2.45) is 0 Å². The number of benzene rings is 1. The molecule has 6 heteroatoms. The Morgan fingerprint density at radius 2 is 2.42 bits per heavy atom. The van der Waals surface area contributed by atoms with E-state index >= 15 is 0 Å². The highest BCUT2D eigenvalue weighted by atomic mass is 35.5. The highest BCUT2D eigenvalue weighted by molar-refractivity contribution is 6.32. The molecular formula is C13H15ClFNO3. The molecule has 0 radical (unpaired) electrons. The van der Waals surface area contributed by atoms with Crippen LogP contribution in [-0.4, -0.2) is 44.1 Å². The molecule has 1 aliphatic rings. The maximum absolute atomic E-state index is 13.8. The van der Waals surface area contributed by atoms with Crippen LogP contribution in [0.2, 0.25) is 5.02 Å². The summed E-state index contributed by atoms with van der Waals surface area (Å²) in [6.07, 6.45) is 0.330. The first-order valence-electron chi connectivity index (χ1n) is 5.95. The minimum atomic E-state index is -0.439. The third-order valence-corrected chi connectivity index (χ3v) is 3.34. The molecule has 1 unspecified atom stereocenters. The number of carbonyl (C=O) groups is 1. The quantitative estimate of drug-likeness (QED) is 0.793. The van der Waals surface area contributed by atoms with Crippen LogP contribution in [0.5, 0.6) is 5.75 Å². The lowest BCUT2D eigenvalue weighted by molar-refractivity contribution is -0.123. The van der Waals surface area contributed by atoms with Crippen molar-refractivity contribution in [3.63, 3.8) is 0 Å². The fraction of sp³-hybridized carbons (Fsp3) is 0.462. The number of hydrogen-bond acceptors (Lipinski definition) is 4. The van der Waals surface area contributed by atoms with Crippen molar-refractivity contribution in [1.82, 2.24) is 4.90 Å². The summed E-state index contributed by atoms with van der Waals surface area (Å²) in [4.78, 5) is 12.7.